The van der Waals surface area contributed by atoms with Gasteiger partial charge in [-0.2, -0.15) is 11.8 Å². The molecule has 0 radical (unpaired) electrons. The number of carboxylic acid groups (broad SMARTS) is 1. The highest BCUT2D eigenvalue weighted by Gasteiger charge is 2.71. The number of carboxylic acids is 1. The fourth-order valence-corrected chi connectivity index (χ4v) is 7.38. The minimum absolute atomic E-state index is 0.0253. The first kappa shape index (κ1) is 42.8. The number of aliphatic carboxylic acids is 1. The van der Waals surface area contributed by atoms with Gasteiger partial charge in [0.2, 0.25) is 11.4 Å². The molecule has 18 heteroatoms. The topological polar surface area (TPSA) is 227 Å². The van der Waals surface area contributed by atoms with Crippen LogP contribution in [0.3, 0.4) is 0 Å². The van der Waals surface area contributed by atoms with Crippen molar-refractivity contribution >= 4 is 41.7 Å². The summed E-state index contributed by atoms with van der Waals surface area (Å²) in [6, 6.07) is 1.26. The van der Waals surface area contributed by atoms with Crippen LogP contribution in [0.1, 0.15) is 82.5 Å². The number of rotatable bonds is 19. The van der Waals surface area contributed by atoms with Gasteiger partial charge in [-0.15, -0.1) is 0 Å². The number of methoxy groups -OCH3 is 1. The molecule has 0 unspecified atom stereocenters. The zero-order valence-electron chi connectivity index (χ0n) is 31.5. The van der Waals surface area contributed by atoms with Crippen molar-refractivity contribution in [2.75, 3.05) is 12.9 Å². The van der Waals surface area contributed by atoms with E-state index >= 15 is 0 Å². The summed E-state index contributed by atoms with van der Waals surface area (Å²) < 4.78 is 45.0. The molecule has 2 aliphatic rings. The maximum absolute atomic E-state index is 13.3. The van der Waals surface area contributed by atoms with E-state index in [0.29, 0.717) is 23.5 Å². The molecule has 0 spiro atoms. The van der Waals surface area contributed by atoms with Crippen molar-refractivity contribution in [1.29, 1.82) is 0 Å². The van der Waals surface area contributed by atoms with Crippen molar-refractivity contribution < 1.29 is 66.7 Å². The normalized spacial score (nSPS) is 24.8. The Morgan fingerprint density at radius 1 is 1.05 bits per heavy atom. The second kappa shape index (κ2) is 19.1. The number of carbonyl (C=O) groups is 4. The summed E-state index contributed by atoms with van der Waals surface area (Å²) in [7, 11) is 1.46. The first-order valence-corrected chi connectivity index (χ1v) is 18.7. The number of allylic oxidation sites excluding steroid dienone is 4. The van der Waals surface area contributed by atoms with Crippen LogP contribution in [0.5, 0.6) is 5.75 Å². The second-order valence-corrected chi connectivity index (χ2v) is 14.3. The van der Waals surface area contributed by atoms with Crippen LogP contribution in [0.2, 0.25) is 0 Å². The van der Waals surface area contributed by atoms with E-state index in [1.54, 1.807) is 57.2 Å². The molecule has 2 fully saturated rings. The number of hydrogen-bond acceptors (Lipinski definition) is 16. The largest absolute Gasteiger partial charge is 0.496 e. The number of hydrogen-bond donors (Lipinski definition) is 1. The highest BCUT2D eigenvalue weighted by molar-refractivity contribution is 7.98. The third kappa shape index (κ3) is 10.6. The third-order valence-corrected chi connectivity index (χ3v) is 10.1. The predicted molar refractivity (Wildman–Crippen MR) is 193 cm³/mol. The van der Waals surface area contributed by atoms with E-state index in [0.717, 1.165) is 0 Å². The summed E-state index contributed by atoms with van der Waals surface area (Å²) >= 11 is 1.23. The van der Waals surface area contributed by atoms with Crippen LogP contribution in [0.25, 0.3) is 6.08 Å². The molecule has 17 nitrogen and oxygen atoms in total. The van der Waals surface area contributed by atoms with Crippen LogP contribution in [-0.4, -0.2) is 82.6 Å². The smallest absolute Gasteiger partial charge is 0.339 e. The van der Waals surface area contributed by atoms with E-state index in [2.05, 4.69) is 9.79 Å². The lowest BCUT2D eigenvalue weighted by Crippen LogP contribution is -2.66. The lowest BCUT2D eigenvalue weighted by Gasteiger charge is -2.48. The number of carbonyl (C=O) groups excluding carboxylic acids is 3. The average molecular weight is 791 g/mol. The van der Waals surface area contributed by atoms with Crippen LogP contribution in [-0.2, 0) is 55.2 Å². The van der Waals surface area contributed by atoms with Crippen LogP contribution < -0.4 is 15.3 Å². The Morgan fingerprint density at radius 3 is 2.47 bits per heavy atom. The van der Waals surface area contributed by atoms with Gasteiger partial charge in [-0.1, -0.05) is 37.3 Å². The van der Waals surface area contributed by atoms with E-state index < -0.39 is 71.7 Å². The zero-order chi connectivity index (χ0) is 40.3. The monoisotopic (exact) mass is 790 g/mol. The maximum Gasteiger partial charge on any atom is 0.339 e. The molecule has 6 atom stereocenters. The summed E-state index contributed by atoms with van der Waals surface area (Å²) in [5.41, 5.74) is -2.07. The van der Waals surface area contributed by atoms with Gasteiger partial charge >= 0.3 is 29.5 Å². The van der Waals surface area contributed by atoms with E-state index in [4.69, 9.17) is 37.9 Å². The predicted octanol–water partition coefficient (Wildman–Crippen LogP) is 3.89. The fourth-order valence-electron chi connectivity index (χ4n) is 6.50. The van der Waals surface area contributed by atoms with Crippen LogP contribution in [0, 0.1) is 12.1 Å². The van der Waals surface area contributed by atoms with Crippen molar-refractivity contribution in [2.45, 2.75) is 115 Å². The quantitative estimate of drug-likeness (QED) is 0.0700. The van der Waals surface area contributed by atoms with Crippen molar-refractivity contribution in [1.82, 2.24) is 5.16 Å². The molecule has 2 saturated heterocycles. The molecule has 2 aliphatic heterocycles. The molecule has 0 aromatic carbocycles. The Labute approximate surface area is 321 Å². The Hall–Kier alpha value is -4.94. The molecule has 4 rings (SSSR count). The van der Waals surface area contributed by atoms with Gasteiger partial charge in [0.1, 0.15) is 28.8 Å². The number of nitrogens with zero attached hydrogens (tertiary/aromatic N) is 2. The summed E-state index contributed by atoms with van der Waals surface area (Å²) in [4.78, 5) is 60.7. The fraction of sp³-hybridized carbons (Fsp3) is 0.541. The first-order chi connectivity index (χ1) is 26.1. The van der Waals surface area contributed by atoms with Crippen LogP contribution in [0.4, 0.5) is 0 Å². The van der Waals surface area contributed by atoms with Gasteiger partial charge in [0.15, 0.2) is 18.8 Å². The molecule has 0 saturated carbocycles. The minimum Gasteiger partial charge on any atom is -0.496 e. The Balaban J connectivity index is 1.41. The molecular formula is C37H46N2O15S. The summed E-state index contributed by atoms with van der Waals surface area (Å²) in [6.45, 7) is 8.02. The van der Waals surface area contributed by atoms with Crippen LogP contribution in [0.15, 0.2) is 50.3 Å². The molecule has 300 valence electrons. The number of aromatic nitrogens is 2. The van der Waals surface area contributed by atoms with Gasteiger partial charge in [-0.25, -0.2) is 4.79 Å². The number of thioether (sulfide) groups is 1. The summed E-state index contributed by atoms with van der Waals surface area (Å²) in [6.07, 6.45) is 6.90. The number of fused-ring (bicyclic) bond motifs is 2. The number of esters is 3. The van der Waals surface area contributed by atoms with E-state index in [9.17, 15) is 29.2 Å². The van der Waals surface area contributed by atoms with Crippen molar-refractivity contribution in [3.63, 3.8) is 0 Å². The van der Waals surface area contributed by atoms with Gasteiger partial charge in [0.25, 0.3) is 0 Å². The van der Waals surface area contributed by atoms with E-state index in [1.807, 2.05) is 6.92 Å². The Bertz CT molecular complexity index is 1850. The van der Waals surface area contributed by atoms with Gasteiger partial charge in [-0.05, 0) is 44.6 Å². The SMILES string of the molecule is CC[C@H]1O[C@@]2(C)[C@H](OC(C)=O)[C@@]1(C)O[C@@H](/C=C/C=C/C=C/c1oc(=O)cc(OC)c1C)[C@@H]2OC(=O)CCCC(=O)OCc1c(CSCCC(=O)O)no[n+]1[O-]. The zero-order valence-corrected chi connectivity index (χ0v) is 32.3. The highest BCUT2D eigenvalue weighted by atomic mass is 32.2. The van der Waals surface area contributed by atoms with Crippen molar-refractivity contribution in [3.8, 4) is 5.75 Å². The van der Waals surface area contributed by atoms with Gasteiger partial charge < -0.3 is 43.2 Å². The minimum atomic E-state index is -1.30. The van der Waals surface area contributed by atoms with Gasteiger partial charge in [0, 0.05) is 36.2 Å². The lowest BCUT2D eigenvalue weighted by molar-refractivity contribution is -0.809. The highest BCUT2D eigenvalue weighted by Crippen LogP contribution is 2.52. The van der Waals surface area contributed by atoms with Gasteiger partial charge in [0.05, 0.1) is 31.5 Å². The Kier molecular flexibility index (Phi) is 14.8. The summed E-state index contributed by atoms with van der Waals surface area (Å²) in [5, 5.41) is 24.4. The van der Waals surface area contributed by atoms with E-state index in [-0.39, 0.29) is 53.5 Å². The molecule has 2 bridgehead atoms. The van der Waals surface area contributed by atoms with Gasteiger partial charge in [-0.3, -0.25) is 23.8 Å². The van der Waals surface area contributed by atoms with E-state index in [1.165, 1.54) is 31.9 Å². The molecule has 1 N–H and O–H groups in total. The second-order valence-electron chi connectivity index (χ2n) is 13.2. The molecule has 4 heterocycles. The maximum atomic E-state index is 13.3. The van der Waals surface area contributed by atoms with Crippen molar-refractivity contribution in [3.05, 3.63) is 74.8 Å². The molecule has 0 amide bonds. The first-order valence-electron chi connectivity index (χ1n) is 17.6. The number of ether oxygens (including phenoxy) is 6. The molecule has 2 aromatic rings. The van der Waals surface area contributed by atoms with Crippen molar-refractivity contribution in [2.24, 2.45) is 0 Å². The average Bonchev–Trinajstić information content (AvgIpc) is 3.55. The summed E-state index contributed by atoms with van der Waals surface area (Å²) in [5.74, 6) is -1.65. The molecule has 55 heavy (non-hydrogen) atoms. The third-order valence-electron chi connectivity index (χ3n) is 9.15. The molecular weight excluding hydrogens is 744 g/mol. The molecule has 2 aromatic heterocycles. The lowest BCUT2D eigenvalue weighted by atomic mass is 9.77. The molecule has 0 aliphatic carbocycles. The standard InChI is InChI=1S/C37H46N2O15S/c1-7-29-36(4)35(49-23(3)40)37(5,53-29)34(27(52-36)14-11-9-8-10-13-26-22(2)28(47-6)19-33(45)50-26)51-32(44)16-12-15-31(43)48-20-25-24(38-54-39(25)46)21-55-18-17-30(41)42/h8-11,13-14,19,27,29,34-35H,7,12,15-18,20-21H2,1-6H3,(H,41,42)/b9-8+,13-10+,14-11+/t27-,29+,34-,35+,36-,37+/m0/s1. The van der Waals surface area contributed by atoms with Crippen LogP contribution >= 0.6 is 11.8 Å². The Morgan fingerprint density at radius 2 is 1.78 bits per heavy atom.